The van der Waals surface area contributed by atoms with Crippen molar-refractivity contribution in [3.63, 3.8) is 0 Å². The number of allylic oxidation sites excluding steroid dienone is 22. The van der Waals surface area contributed by atoms with Gasteiger partial charge < -0.3 is 14.2 Å². The molecule has 0 aliphatic heterocycles. The van der Waals surface area contributed by atoms with Crippen molar-refractivity contribution in [1.82, 2.24) is 0 Å². The van der Waals surface area contributed by atoms with Gasteiger partial charge in [0.15, 0.2) is 6.10 Å². The Morgan fingerprint density at radius 1 is 0.273 bits per heavy atom. The van der Waals surface area contributed by atoms with Crippen LogP contribution in [-0.4, -0.2) is 37.2 Å². The quantitative estimate of drug-likeness (QED) is 0.0261. The third kappa shape index (κ3) is 62.3. The summed E-state index contributed by atoms with van der Waals surface area (Å²) in [5, 5.41) is 0. The third-order valence-electron chi connectivity index (χ3n) is 13.1. The van der Waals surface area contributed by atoms with E-state index in [1.165, 1.54) is 103 Å². The molecular weight excluding hydrogens is 949 g/mol. The molecule has 1 atom stereocenters. The summed E-state index contributed by atoms with van der Waals surface area (Å²) in [6.45, 7) is 6.35. The predicted octanol–water partition coefficient (Wildman–Crippen LogP) is 21.8. The standard InChI is InChI=1S/C71H116O6/c1-4-7-10-13-16-19-22-25-27-29-31-32-33-34-35-36-37-38-40-41-43-46-49-52-55-58-61-64-70(73)76-67-68(66-75-69(72)63-60-57-54-51-48-45-24-21-18-15-12-9-6-3)77-71(74)65-62-59-56-53-50-47-44-42-39-30-28-26-23-20-17-14-11-8-5-2/h8-9,11-12,17-18,20-22,25-26,28-29,31,33-34,39,42,45,47-48,50,68H,4-7,10,13-16,19,23-24,27,30,32,35-38,40-41,43-44,46,49,51-67H2,1-3H3/b11-8-,12-9-,20-17-,21-18-,25-22-,28-26-,31-29-,34-33-,42-39-,48-45-,50-47-. The molecule has 0 rings (SSSR count). The van der Waals surface area contributed by atoms with Crippen LogP contribution in [0.25, 0.3) is 0 Å². The van der Waals surface area contributed by atoms with E-state index in [2.05, 4.69) is 154 Å². The number of hydrogen-bond acceptors (Lipinski definition) is 6. The molecule has 0 fully saturated rings. The second-order valence-corrected chi connectivity index (χ2v) is 20.5. The normalized spacial score (nSPS) is 13.0. The molecule has 0 amide bonds. The summed E-state index contributed by atoms with van der Waals surface area (Å²) in [5.41, 5.74) is 0. The Bertz CT molecular complexity index is 1650. The molecule has 0 N–H and O–H groups in total. The molecule has 0 aliphatic rings. The van der Waals surface area contributed by atoms with Crippen LogP contribution in [0.15, 0.2) is 134 Å². The number of ether oxygens (including phenoxy) is 3. The highest BCUT2D eigenvalue weighted by Gasteiger charge is 2.19. The molecule has 6 nitrogen and oxygen atoms in total. The van der Waals surface area contributed by atoms with E-state index in [0.717, 1.165) is 128 Å². The zero-order valence-corrected chi connectivity index (χ0v) is 49.9. The number of carbonyl (C=O) groups excluding carboxylic acids is 3. The molecule has 6 heteroatoms. The van der Waals surface area contributed by atoms with Gasteiger partial charge in [0.05, 0.1) is 0 Å². The van der Waals surface area contributed by atoms with E-state index in [1.807, 2.05) is 0 Å². The fourth-order valence-corrected chi connectivity index (χ4v) is 8.43. The van der Waals surface area contributed by atoms with Crippen LogP contribution in [0.3, 0.4) is 0 Å². The third-order valence-corrected chi connectivity index (χ3v) is 13.1. The maximum atomic E-state index is 12.9. The van der Waals surface area contributed by atoms with Gasteiger partial charge in [0.1, 0.15) is 13.2 Å². The Morgan fingerprint density at radius 2 is 0.506 bits per heavy atom. The Labute approximate surface area is 475 Å². The molecule has 0 saturated carbocycles. The first-order valence-corrected chi connectivity index (χ1v) is 31.7. The van der Waals surface area contributed by atoms with Crippen molar-refractivity contribution in [3.8, 4) is 0 Å². The Morgan fingerprint density at radius 3 is 0.805 bits per heavy atom. The molecule has 0 saturated heterocycles. The van der Waals surface area contributed by atoms with Crippen LogP contribution < -0.4 is 0 Å². The van der Waals surface area contributed by atoms with Crippen LogP contribution in [-0.2, 0) is 28.6 Å². The Kier molecular flexibility index (Phi) is 60.4. The average Bonchev–Trinajstić information content (AvgIpc) is 3.43. The summed E-state index contributed by atoms with van der Waals surface area (Å²) in [4.78, 5) is 38.3. The number of rotatable bonds is 56. The van der Waals surface area contributed by atoms with Gasteiger partial charge in [0.25, 0.3) is 0 Å². The molecular formula is C71H116O6. The van der Waals surface area contributed by atoms with E-state index in [9.17, 15) is 14.4 Å². The van der Waals surface area contributed by atoms with Crippen molar-refractivity contribution in [3.05, 3.63) is 134 Å². The largest absolute Gasteiger partial charge is 0.462 e. The van der Waals surface area contributed by atoms with Crippen molar-refractivity contribution in [2.75, 3.05) is 13.2 Å². The van der Waals surface area contributed by atoms with Crippen molar-refractivity contribution in [1.29, 1.82) is 0 Å². The zero-order chi connectivity index (χ0) is 55.7. The molecule has 77 heavy (non-hydrogen) atoms. The van der Waals surface area contributed by atoms with Crippen molar-refractivity contribution in [2.45, 2.75) is 284 Å². The molecule has 0 heterocycles. The monoisotopic (exact) mass is 1060 g/mol. The van der Waals surface area contributed by atoms with Crippen LogP contribution in [0.4, 0.5) is 0 Å². The van der Waals surface area contributed by atoms with Gasteiger partial charge in [-0.05, 0) is 135 Å². The molecule has 0 aromatic heterocycles. The topological polar surface area (TPSA) is 78.9 Å². The SMILES string of the molecule is CC/C=C\C/C=C\C/C=C\C/C=C\C/C=C\CCCCCC(=O)OC(COC(=O)CCCCC/C=C\C/C=C\C/C=C\CC)COC(=O)CCCCCCCCCCCCCC/C=C\C/C=C\C/C=C\CCCCCCC. The number of esters is 3. The molecule has 0 aliphatic carbocycles. The summed E-state index contributed by atoms with van der Waals surface area (Å²) in [6, 6.07) is 0. The molecule has 0 radical (unpaired) electrons. The zero-order valence-electron chi connectivity index (χ0n) is 49.9. The first-order valence-electron chi connectivity index (χ1n) is 31.7. The van der Waals surface area contributed by atoms with Crippen LogP contribution >= 0.6 is 0 Å². The van der Waals surface area contributed by atoms with E-state index >= 15 is 0 Å². The minimum absolute atomic E-state index is 0.106. The van der Waals surface area contributed by atoms with Crippen molar-refractivity contribution < 1.29 is 28.6 Å². The first-order chi connectivity index (χ1) is 38.0. The smallest absolute Gasteiger partial charge is 0.306 e. The Hall–Kier alpha value is -4.45. The summed E-state index contributed by atoms with van der Waals surface area (Å²) in [7, 11) is 0. The number of carbonyl (C=O) groups is 3. The van der Waals surface area contributed by atoms with Gasteiger partial charge in [-0.3, -0.25) is 14.4 Å². The summed E-state index contributed by atoms with van der Waals surface area (Å²) < 4.78 is 16.9. The lowest BCUT2D eigenvalue weighted by Gasteiger charge is -2.18. The Balaban J connectivity index is 4.38. The molecule has 0 bridgehead atoms. The fraction of sp³-hybridized carbons (Fsp3) is 0.648. The van der Waals surface area contributed by atoms with Crippen LogP contribution in [0, 0.1) is 0 Å². The molecule has 0 aromatic rings. The van der Waals surface area contributed by atoms with Crippen LogP contribution in [0.5, 0.6) is 0 Å². The maximum absolute atomic E-state index is 12.9. The summed E-state index contributed by atoms with van der Waals surface area (Å²) in [6.07, 6.45) is 90.3. The van der Waals surface area contributed by atoms with Crippen molar-refractivity contribution >= 4 is 17.9 Å². The van der Waals surface area contributed by atoms with Crippen LogP contribution in [0.1, 0.15) is 278 Å². The minimum atomic E-state index is -0.814. The second-order valence-electron chi connectivity index (χ2n) is 20.5. The molecule has 1 unspecified atom stereocenters. The van der Waals surface area contributed by atoms with Gasteiger partial charge in [-0.1, -0.05) is 257 Å². The fourth-order valence-electron chi connectivity index (χ4n) is 8.43. The van der Waals surface area contributed by atoms with Gasteiger partial charge in [0.2, 0.25) is 0 Å². The van der Waals surface area contributed by atoms with E-state index in [1.54, 1.807) is 0 Å². The van der Waals surface area contributed by atoms with E-state index in [4.69, 9.17) is 14.2 Å². The molecule has 0 aromatic carbocycles. The number of hydrogen-bond donors (Lipinski definition) is 0. The lowest BCUT2D eigenvalue weighted by atomic mass is 10.0. The highest BCUT2D eigenvalue weighted by Crippen LogP contribution is 2.15. The minimum Gasteiger partial charge on any atom is -0.462 e. The lowest BCUT2D eigenvalue weighted by Crippen LogP contribution is -2.30. The summed E-state index contributed by atoms with van der Waals surface area (Å²) in [5.74, 6) is -0.970. The van der Waals surface area contributed by atoms with Gasteiger partial charge in [0, 0.05) is 19.3 Å². The van der Waals surface area contributed by atoms with Gasteiger partial charge in [-0.15, -0.1) is 0 Å². The average molecular weight is 1070 g/mol. The van der Waals surface area contributed by atoms with Crippen LogP contribution in [0.2, 0.25) is 0 Å². The maximum Gasteiger partial charge on any atom is 0.306 e. The lowest BCUT2D eigenvalue weighted by molar-refractivity contribution is -0.167. The van der Waals surface area contributed by atoms with Crippen molar-refractivity contribution in [2.24, 2.45) is 0 Å². The highest BCUT2D eigenvalue weighted by atomic mass is 16.6. The van der Waals surface area contributed by atoms with Gasteiger partial charge in [-0.2, -0.15) is 0 Å². The highest BCUT2D eigenvalue weighted by molar-refractivity contribution is 5.71. The summed E-state index contributed by atoms with van der Waals surface area (Å²) >= 11 is 0. The molecule has 0 spiro atoms. The molecule has 436 valence electrons. The van der Waals surface area contributed by atoms with E-state index < -0.39 is 6.10 Å². The van der Waals surface area contributed by atoms with Gasteiger partial charge >= 0.3 is 17.9 Å². The second kappa shape index (κ2) is 64.1. The first kappa shape index (κ1) is 72.5. The van der Waals surface area contributed by atoms with Gasteiger partial charge in [-0.25, -0.2) is 0 Å². The van der Waals surface area contributed by atoms with E-state index in [0.29, 0.717) is 19.3 Å². The van der Waals surface area contributed by atoms with E-state index in [-0.39, 0.29) is 37.5 Å². The number of unbranched alkanes of at least 4 members (excludes halogenated alkanes) is 23. The predicted molar refractivity (Wildman–Crippen MR) is 334 cm³/mol.